The molecular formula is C16H23FN2O2. The van der Waals surface area contributed by atoms with E-state index in [1.807, 2.05) is 0 Å². The van der Waals surface area contributed by atoms with Gasteiger partial charge in [-0.15, -0.1) is 0 Å². The molecule has 1 aromatic rings. The summed E-state index contributed by atoms with van der Waals surface area (Å²) >= 11 is 0. The van der Waals surface area contributed by atoms with Gasteiger partial charge in [-0.25, -0.2) is 4.39 Å². The van der Waals surface area contributed by atoms with Crippen LogP contribution >= 0.6 is 0 Å². The largest absolute Gasteiger partial charge is 0.389 e. The number of carbonyl (C=O) groups excluding carboxylic acids is 1. The number of halogens is 1. The molecule has 0 aliphatic carbocycles. The van der Waals surface area contributed by atoms with Crippen LogP contribution in [0.2, 0.25) is 0 Å². The fourth-order valence-corrected chi connectivity index (χ4v) is 2.88. The summed E-state index contributed by atoms with van der Waals surface area (Å²) in [5, 5.41) is 12.6. The molecule has 0 radical (unpaired) electrons. The summed E-state index contributed by atoms with van der Waals surface area (Å²) in [5.74, 6) is -0.168. The molecule has 0 unspecified atom stereocenters. The zero-order valence-corrected chi connectivity index (χ0v) is 12.8. The summed E-state index contributed by atoms with van der Waals surface area (Å²) in [5.41, 5.74) is 2.05. The maximum Gasteiger partial charge on any atom is 0.222 e. The number of aliphatic hydroxyl groups is 1. The number of aryl methyl sites for hydroxylation is 1. The van der Waals surface area contributed by atoms with E-state index in [1.54, 1.807) is 27.0 Å². The van der Waals surface area contributed by atoms with E-state index in [0.717, 1.165) is 31.6 Å². The predicted octanol–water partition coefficient (Wildman–Crippen LogP) is 2.15. The Morgan fingerprint density at radius 1 is 1.43 bits per heavy atom. The van der Waals surface area contributed by atoms with Crippen LogP contribution in [-0.2, 0) is 4.79 Å². The zero-order valence-electron chi connectivity index (χ0n) is 12.8. The second kappa shape index (κ2) is 6.43. The van der Waals surface area contributed by atoms with Crippen molar-refractivity contribution in [3.05, 3.63) is 29.1 Å². The average Bonchev–Trinajstić information content (AvgIpc) is 2.48. The van der Waals surface area contributed by atoms with Gasteiger partial charge in [-0.3, -0.25) is 4.79 Å². The van der Waals surface area contributed by atoms with Gasteiger partial charge >= 0.3 is 0 Å². The Hall–Kier alpha value is -1.62. The number of piperidine rings is 1. The van der Waals surface area contributed by atoms with Crippen molar-refractivity contribution in [3.63, 3.8) is 0 Å². The van der Waals surface area contributed by atoms with Crippen LogP contribution < -0.4 is 10.2 Å². The molecule has 0 bridgehead atoms. The fourth-order valence-electron chi connectivity index (χ4n) is 2.88. The van der Waals surface area contributed by atoms with Gasteiger partial charge in [0.15, 0.2) is 0 Å². The number of nitrogens with one attached hydrogen (secondary N) is 1. The quantitative estimate of drug-likeness (QED) is 0.898. The molecule has 0 saturated carbocycles. The van der Waals surface area contributed by atoms with Crippen molar-refractivity contribution in [2.45, 2.75) is 32.8 Å². The van der Waals surface area contributed by atoms with Gasteiger partial charge in [-0.2, -0.15) is 0 Å². The summed E-state index contributed by atoms with van der Waals surface area (Å²) in [6, 6.07) is 3.21. The van der Waals surface area contributed by atoms with Gasteiger partial charge in [-0.05, 0) is 44.4 Å². The second-order valence-electron chi connectivity index (χ2n) is 5.71. The molecule has 1 heterocycles. The monoisotopic (exact) mass is 294 g/mol. The summed E-state index contributed by atoms with van der Waals surface area (Å²) in [6.07, 6.45) is 0.830. The number of hydrogen-bond acceptors (Lipinski definition) is 3. The van der Waals surface area contributed by atoms with Crippen LogP contribution in [-0.4, -0.2) is 31.2 Å². The van der Waals surface area contributed by atoms with E-state index >= 15 is 0 Å². The Morgan fingerprint density at radius 2 is 2.05 bits per heavy atom. The molecule has 1 aliphatic heterocycles. The van der Waals surface area contributed by atoms with Crippen LogP contribution in [0.15, 0.2) is 12.1 Å². The third kappa shape index (κ3) is 3.35. The van der Waals surface area contributed by atoms with Crippen LogP contribution in [0.25, 0.3) is 0 Å². The van der Waals surface area contributed by atoms with Crippen molar-refractivity contribution >= 4 is 11.6 Å². The Morgan fingerprint density at radius 3 is 2.57 bits per heavy atom. The highest BCUT2D eigenvalue weighted by atomic mass is 19.1. The number of hydrogen-bond donors (Lipinski definition) is 2. The number of anilines is 1. The topological polar surface area (TPSA) is 52.6 Å². The number of amides is 1. The summed E-state index contributed by atoms with van der Waals surface area (Å²) in [7, 11) is 1.66. The fraction of sp³-hybridized carbons (Fsp3) is 0.562. The summed E-state index contributed by atoms with van der Waals surface area (Å²) < 4.78 is 13.7. The standard InChI is InChI=1S/C16H23FN2O2/c1-10-8-15(13(11(2)20)9-14(10)17)19-6-4-12(5-7-19)16(21)18-3/h8-9,11-12,20H,4-7H2,1-3H3,(H,18,21)/t11-/m0/s1. The average molecular weight is 294 g/mol. The maximum absolute atomic E-state index is 13.7. The number of rotatable bonds is 3. The highest BCUT2D eigenvalue weighted by Crippen LogP contribution is 2.32. The van der Waals surface area contributed by atoms with Gasteiger partial charge in [0.1, 0.15) is 5.82 Å². The minimum Gasteiger partial charge on any atom is -0.389 e. The summed E-state index contributed by atoms with van der Waals surface area (Å²) in [6.45, 7) is 4.85. The van der Waals surface area contributed by atoms with Crippen molar-refractivity contribution in [1.29, 1.82) is 0 Å². The number of aliphatic hydroxyl groups excluding tert-OH is 1. The molecule has 1 amide bonds. The minimum absolute atomic E-state index is 0.0443. The van der Waals surface area contributed by atoms with Gasteiger partial charge in [0.2, 0.25) is 5.91 Å². The van der Waals surface area contributed by atoms with E-state index in [9.17, 15) is 14.3 Å². The van der Waals surface area contributed by atoms with Gasteiger partial charge < -0.3 is 15.3 Å². The normalized spacial score (nSPS) is 17.7. The summed E-state index contributed by atoms with van der Waals surface area (Å²) in [4.78, 5) is 13.8. The predicted molar refractivity (Wildman–Crippen MR) is 80.8 cm³/mol. The molecule has 0 aromatic heterocycles. The van der Waals surface area contributed by atoms with Gasteiger partial charge in [0, 0.05) is 37.3 Å². The zero-order chi connectivity index (χ0) is 15.6. The molecule has 2 N–H and O–H groups in total. The lowest BCUT2D eigenvalue weighted by atomic mass is 9.94. The first-order valence-corrected chi connectivity index (χ1v) is 7.38. The first-order chi connectivity index (χ1) is 9.93. The molecule has 1 saturated heterocycles. The maximum atomic E-state index is 13.7. The van der Waals surface area contributed by atoms with E-state index in [2.05, 4.69) is 10.2 Å². The van der Waals surface area contributed by atoms with E-state index < -0.39 is 6.10 Å². The molecule has 2 rings (SSSR count). The van der Waals surface area contributed by atoms with Crippen LogP contribution in [0.3, 0.4) is 0 Å². The molecule has 1 aromatic carbocycles. The molecule has 0 spiro atoms. The van der Waals surface area contributed by atoms with Crippen molar-refractivity contribution in [2.75, 3.05) is 25.0 Å². The highest BCUT2D eigenvalue weighted by molar-refractivity contribution is 5.78. The molecular weight excluding hydrogens is 271 g/mol. The minimum atomic E-state index is -0.716. The Labute approximate surface area is 125 Å². The second-order valence-corrected chi connectivity index (χ2v) is 5.71. The number of benzene rings is 1. The van der Waals surface area contributed by atoms with Crippen molar-refractivity contribution < 1.29 is 14.3 Å². The van der Waals surface area contributed by atoms with E-state index in [-0.39, 0.29) is 17.6 Å². The lowest BCUT2D eigenvalue weighted by Gasteiger charge is -2.34. The van der Waals surface area contributed by atoms with Crippen molar-refractivity contribution in [2.24, 2.45) is 5.92 Å². The van der Waals surface area contributed by atoms with Gasteiger partial charge in [0.05, 0.1) is 6.10 Å². The van der Waals surface area contributed by atoms with E-state index in [0.29, 0.717) is 11.1 Å². The van der Waals surface area contributed by atoms with E-state index in [1.165, 1.54) is 6.07 Å². The number of carbonyl (C=O) groups is 1. The van der Waals surface area contributed by atoms with Gasteiger partial charge in [-0.1, -0.05) is 0 Å². The smallest absolute Gasteiger partial charge is 0.222 e. The third-order valence-corrected chi connectivity index (χ3v) is 4.21. The SMILES string of the molecule is CNC(=O)C1CCN(c2cc(C)c(F)cc2[C@H](C)O)CC1. The first kappa shape index (κ1) is 15.8. The van der Waals surface area contributed by atoms with Crippen LogP contribution in [0.1, 0.15) is 37.0 Å². The van der Waals surface area contributed by atoms with E-state index in [4.69, 9.17) is 0 Å². The molecule has 116 valence electrons. The lowest BCUT2D eigenvalue weighted by molar-refractivity contribution is -0.125. The van der Waals surface area contributed by atoms with Gasteiger partial charge in [0.25, 0.3) is 0 Å². The lowest BCUT2D eigenvalue weighted by Crippen LogP contribution is -2.40. The van der Waals surface area contributed by atoms with Crippen molar-refractivity contribution in [3.8, 4) is 0 Å². The Balaban J connectivity index is 2.20. The third-order valence-electron chi connectivity index (χ3n) is 4.21. The van der Waals surface area contributed by atoms with Crippen LogP contribution in [0.4, 0.5) is 10.1 Å². The van der Waals surface area contributed by atoms with Crippen molar-refractivity contribution in [1.82, 2.24) is 5.32 Å². The molecule has 1 atom stereocenters. The molecule has 1 aliphatic rings. The Kier molecular flexibility index (Phi) is 4.83. The van der Waals surface area contributed by atoms with Crippen LogP contribution in [0.5, 0.6) is 0 Å². The molecule has 21 heavy (non-hydrogen) atoms. The number of nitrogens with zero attached hydrogens (tertiary/aromatic N) is 1. The Bertz CT molecular complexity index is 523. The first-order valence-electron chi connectivity index (χ1n) is 7.38. The molecule has 1 fully saturated rings. The highest BCUT2D eigenvalue weighted by Gasteiger charge is 2.26. The molecule has 5 heteroatoms. The van der Waals surface area contributed by atoms with Crippen LogP contribution in [0, 0.1) is 18.7 Å². The molecule has 4 nitrogen and oxygen atoms in total.